The number of nitrogens with zero attached hydrogens (tertiary/aromatic N) is 2. The van der Waals surface area contributed by atoms with E-state index >= 15 is 0 Å². The Morgan fingerprint density at radius 2 is 1.96 bits per heavy atom. The Morgan fingerprint density at radius 1 is 1.30 bits per heavy atom. The highest BCUT2D eigenvalue weighted by atomic mass is 79.9. The normalized spacial score (nSPS) is 19.0. The minimum Gasteiger partial charge on any atom is -0.304 e. The zero-order valence-electron chi connectivity index (χ0n) is 13.4. The Kier molecular flexibility index (Phi) is 6.56. The highest BCUT2D eigenvalue weighted by Crippen LogP contribution is 2.22. The lowest BCUT2D eigenvalue weighted by Gasteiger charge is -2.33. The molecule has 0 spiro atoms. The van der Waals surface area contributed by atoms with Crippen molar-refractivity contribution >= 4 is 26.0 Å². The molecule has 0 aliphatic carbocycles. The molecule has 1 N–H and O–H groups in total. The molecule has 1 unspecified atom stereocenters. The number of hydrogen-bond acceptors (Lipinski definition) is 4. The van der Waals surface area contributed by atoms with E-state index in [1.807, 2.05) is 6.92 Å². The van der Waals surface area contributed by atoms with E-state index in [1.54, 1.807) is 0 Å². The van der Waals surface area contributed by atoms with Crippen LogP contribution in [0.4, 0.5) is 4.39 Å². The van der Waals surface area contributed by atoms with Gasteiger partial charge in [0.1, 0.15) is 5.82 Å². The zero-order valence-corrected chi connectivity index (χ0v) is 15.8. The second kappa shape index (κ2) is 8.02. The van der Waals surface area contributed by atoms with E-state index in [0.29, 0.717) is 6.54 Å². The maximum Gasteiger partial charge on any atom is 0.241 e. The third kappa shape index (κ3) is 5.49. The van der Waals surface area contributed by atoms with Crippen LogP contribution in [0.1, 0.15) is 6.92 Å². The summed E-state index contributed by atoms with van der Waals surface area (Å²) in [5.74, 6) is -0.272. The molecule has 1 aliphatic heterocycles. The first kappa shape index (κ1) is 18.8. The average Bonchev–Trinajstić information content (AvgIpc) is 2.47. The summed E-state index contributed by atoms with van der Waals surface area (Å²) >= 11 is 3.10. The second-order valence-electron chi connectivity index (χ2n) is 6.14. The molecule has 1 aromatic rings. The fraction of sp³-hybridized carbons (Fsp3) is 0.600. The maximum absolute atomic E-state index is 13.1. The molecule has 8 heteroatoms. The molecule has 5 nitrogen and oxygen atoms in total. The first-order chi connectivity index (χ1) is 10.8. The molecule has 0 saturated carbocycles. The Balaban J connectivity index is 1.88. The van der Waals surface area contributed by atoms with Crippen molar-refractivity contribution in [3.8, 4) is 0 Å². The van der Waals surface area contributed by atoms with Gasteiger partial charge in [0.25, 0.3) is 0 Å². The fourth-order valence-corrected chi connectivity index (χ4v) is 4.77. The first-order valence-electron chi connectivity index (χ1n) is 7.63. The van der Waals surface area contributed by atoms with Crippen LogP contribution < -0.4 is 4.72 Å². The molecular formula is C15H23BrFN3O2S. The predicted octanol–water partition coefficient (Wildman–Crippen LogP) is 1.75. The Hall–Kier alpha value is -0.540. The van der Waals surface area contributed by atoms with E-state index < -0.39 is 15.8 Å². The molecule has 23 heavy (non-hydrogen) atoms. The lowest BCUT2D eigenvalue weighted by Crippen LogP contribution is -2.46. The van der Waals surface area contributed by atoms with Crippen molar-refractivity contribution in [3.05, 3.63) is 28.5 Å². The van der Waals surface area contributed by atoms with Crippen LogP contribution in [0, 0.1) is 11.7 Å². The van der Waals surface area contributed by atoms with Gasteiger partial charge >= 0.3 is 0 Å². The summed E-state index contributed by atoms with van der Waals surface area (Å²) in [5.41, 5.74) is 0. The van der Waals surface area contributed by atoms with Gasteiger partial charge in [0.2, 0.25) is 10.0 Å². The van der Waals surface area contributed by atoms with E-state index in [2.05, 4.69) is 37.5 Å². The summed E-state index contributed by atoms with van der Waals surface area (Å²) in [6, 6.07) is 3.57. The second-order valence-corrected chi connectivity index (χ2v) is 8.73. The molecule has 1 saturated heterocycles. The SMILES string of the molecule is CC(CNS(=O)(=O)c1ccc(F)cc1Br)CN1CCN(C)CC1. The van der Waals surface area contributed by atoms with Crippen molar-refractivity contribution < 1.29 is 12.8 Å². The topological polar surface area (TPSA) is 52.7 Å². The monoisotopic (exact) mass is 407 g/mol. The van der Waals surface area contributed by atoms with Crippen LogP contribution in [0.2, 0.25) is 0 Å². The number of hydrogen-bond donors (Lipinski definition) is 1. The molecule has 0 aromatic heterocycles. The Morgan fingerprint density at radius 3 is 2.57 bits per heavy atom. The van der Waals surface area contributed by atoms with Gasteiger partial charge in [-0.3, -0.25) is 0 Å². The van der Waals surface area contributed by atoms with Crippen LogP contribution in [0.25, 0.3) is 0 Å². The van der Waals surface area contributed by atoms with Crippen LogP contribution in [0.5, 0.6) is 0 Å². The molecular weight excluding hydrogens is 385 g/mol. The van der Waals surface area contributed by atoms with Crippen LogP contribution >= 0.6 is 15.9 Å². The summed E-state index contributed by atoms with van der Waals surface area (Å²) in [5, 5.41) is 0. The number of nitrogens with one attached hydrogen (secondary N) is 1. The molecule has 0 bridgehead atoms. The van der Waals surface area contributed by atoms with Crippen molar-refractivity contribution in [3.63, 3.8) is 0 Å². The maximum atomic E-state index is 13.1. The third-order valence-corrected chi connectivity index (χ3v) is 6.37. The number of rotatable bonds is 6. The molecule has 1 heterocycles. The van der Waals surface area contributed by atoms with Crippen molar-refractivity contribution in [2.75, 3.05) is 46.3 Å². The summed E-state index contributed by atoms with van der Waals surface area (Å²) in [4.78, 5) is 4.70. The quantitative estimate of drug-likeness (QED) is 0.780. The number of sulfonamides is 1. The standard InChI is InChI=1S/C15H23BrFN3O2S/c1-12(11-20-7-5-19(2)6-8-20)10-18-23(21,22)15-4-3-13(17)9-14(15)16/h3-4,9,12,18H,5-8,10-11H2,1-2H3. The number of likely N-dealkylation sites (N-methyl/N-ethyl adjacent to an activating group) is 1. The van der Waals surface area contributed by atoms with Crippen molar-refractivity contribution in [2.24, 2.45) is 5.92 Å². The van der Waals surface area contributed by atoms with Gasteiger partial charge < -0.3 is 9.80 Å². The lowest BCUT2D eigenvalue weighted by atomic mass is 10.1. The van der Waals surface area contributed by atoms with E-state index in [1.165, 1.54) is 6.07 Å². The Bertz CT molecular complexity index is 634. The lowest BCUT2D eigenvalue weighted by molar-refractivity contribution is 0.139. The summed E-state index contributed by atoms with van der Waals surface area (Å²) in [6.07, 6.45) is 0. The van der Waals surface area contributed by atoms with Crippen LogP contribution in [0.15, 0.2) is 27.6 Å². The molecule has 130 valence electrons. The molecule has 1 aromatic carbocycles. The van der Waals surface area contributed by atoms with Gasteiger partial charge in [0.15, 0.2) is 0 Å². The number of halogens is 2. The van der Waals surface area contributed by atoms with Gasteiger partial charge in [0, 0.05) is 43.7 Å². The van der Waals surface area contributed by atoms with E-state index in [-0.39, 0.29) is 15.3 Å². The third-order valence-electron chi connectivity index (χ3n) is 3.97. The fourth-order valence-electron chi connectivity index (χ4n) is 2.56. The number of benzene rings is 1. The molecule has 0 amide bonds. The van der Waals surface area contributed by atoms with E-state index in [4.69, 9.17) is 0 Å². The molecule has 2 rings (SSSR count). The highest BCUT2D eigenvalue weighted by molar-refractivity contribution is 9.10. The summed E-state index contributed by atoms with van der Waals surface area (Å²) < 4.78 is 40.6. The molecule has 1 atom stereocenters. The molecule has 0 radical (unpaired) electrons. The van der Waals surface area contributed by atoms with Crippen molar-refractivity contribution in [2.45, 2.75) is 11.8 Å². The van der Waals surface area contributed by atoms with Gasteiger partial charge in [-0.25, -0.2) is 17.5 Å². The average molecular weight is 408 g/mol. The smallest absolute Gasteiger partial charge is 0.241 e. The van der Waals surface area contributed by atoms with Crippen molar-refractivity contribution in [1.29, 1.82) is 0 Å². The molecule has 1 aliphatic rings. The van der Waals surface area contributed by atoms with Crippen LogP contribution in [-0.4, -0.2) is 64.5 Å². The Labute approximate surface area is 146 Å². The first-order valence-corrected chi connectivity index (χ1v) is 9.91. The predicted molar refractivity (Wildman–Crippen MR) is 92.4 cm³/mol. The van der Waals surface area contributed by atoms with Crippen LogP contribution in [-0.2, 0) is 10.0 Å². The summed E-state index contributed by atoms with van der Waals surface area (Å²) in [7, 11) is -1.54. The van der Waals surface area contributed by atoms with Gasteiger partial charge in [-0.1, -0.05) is 6.92 Å². The number of piperazine rings is 1. The van der Waals surface area contributed by atoms with Gasteiger partial charge in [-0.2, -0.15) is 0 Å². The van der Waals surface area contributed by atoms with Gasteiger partial charge in [-0.05, 0) is 47.1 Å². The van der Waals surface area contributed by atoms with Crippen LogP contribution in [0.3, 0.4) is 0 Å². The minimum atomic E-state index is -3.64. The highest BCUT2D eigenvalue weighted by Gasteiger charge is 2.20. The van der Waals surface area contributed by atoms with Crippen molar-refractivity contribution in [1.82, 2.24) is 14.5 Å². The van der Waals surface area contributed by atoms with E-state index in [9.17, 15) is 12.8 Å². The minimum absolute atomic E-state index is 0.0608. The zero-order chi connectivity index (χ0) is 17.0. The van der Waals surface area contributed by atoms with E-state index in [0.717, 1.165) is 44.9 Å². The van der Waals surface area contributed by atoms with Gasteiger partial charge in [-0.15, -0.1) is 0 Å². The largest absolute Gasteiger partial charge is 0.304 e. The van der Waals surface area contributed by atoms with Gasteiger partial charge in [0.05, 0.1) is 4.90 Å². The molecule has 1 fully saturated rings. The summed E-state index contributed by atoms with van der Waals surface area (Å²) in [6.45, 7) is 7.36.